The van der Waals surface area contributed by atoms with Crippen molar-refractivity contribution >= 4 is 41.3 Å². The van der Waals surface area contributed by atoms with E-state index in [4.69, 9.17) is 33.3 Å². The van der Waals surface area contributed by atoms with Crippen LogP contribution in [0.5, 0.6) is 0 Å². The van der Waals surface area contributed by atoms with Crippen molar-refractivity contribution in [3.8, 4) is 0 Å². The van der Waals surface area contributed by atoms with Crippen LogP contribution in [0.1, 0.15) is 17.5 Å². The molecule has 0 heterocycles. The Kier molecular flexibility index (Phi) is 10.4. The first kappa shape index (κ1) is 28.3. The third-order valence-electron chi connectivity index (χ3n) is 5.35. The van der Waals surface area contributed by atoms with E-state index in [9.17, 15) is 24.0 Å². The summed E-state index contributed by atoms with van der Waals surface area (Å²) in [6.07, 6.45) is -0.606. The van der Waals surface area contributed by atoms with Crippen LogP contribution >= 0.6 is 11.6 Å². The fraction of sp³-hybridized carbons (Fsp3) is 0.292. The second-order valence-electron chi connectivity index (χ2n) is 8.12. The van der Waals surface area contributed by atoms with Gasteiger partial charge in [0.05, 0.1) is 6.04 Å². The van der Waals surface area contributed by atoms with Crippen LogP contribution in [0.3, 0.4) is 0 Å². The molecule has 36 heavy (non-hydrogen) atoms. The molecule has 2 rings (SSSR count). The monoisotopic (exact) mass is 518 g/mol. The summed E-state index contributed by atoms with van der Waals surface area (Å²) in [7, 11) is 0. The molecule has 0 aliphatic heterocycles. The van der Waals surface area contributed by atoms with Crippen LogP contribution in [0.2, 0.25) is 5.02 Å². The first-order chi connectivity index (χ1) is 17.0. The van der Waals surface area contributed by atoms with E-state index < -0.39 is 60.1 Å². The number of hydrogen-bond acceptors (Lipinski definition) is 6. The molecule has 0 saturated heterocycles. The summed E-state index contributed by atoms with van der Waals surface area (Å²) in [5.41, 5.74) is 12.7. The molecular weight excluding hydrogens is 492 g/mol. The topological polar surface area (TPSA) is 202 Å². The number of aliphatic carboxylic acids is 2. The van der Waals surface area contributed by atoms with Gasteiger partial charge in [0, 0.05) is 17.9 Å². The highest BCUT2D eigenvalue weighted by Gasteiger charge is 2.34. The van der Waals surface area contributed by atoms with Gasteiger partial charge in [-0.25, -0.2) is 0 Å². The summed E-state index contributed by atoms with van der Waals surface area (Å²) in [5, 5.41) is 23.5. The maximum absolute atomic E-state index is 13.1. The predicted molar refractivity (Wildman–Crippen MR) is 130 cm³/mol. The van der Waals surface area contributed by atoms with E-state index >= 15 is 0 Å². The number of benzene rings is 2. The third-order valence-corrected chi connectivity index (χ3v) is 5.60. The van der Waals surface area contributed by atoms with Crippen LogP contribution in [0.25, 0.3) is 0 Å². The van der Waals surface area contributed by atoms with Gasteiger partial charge in [0.1, 0.15) is 12.1 Å². The Morgan fingerprint density at radius 2 is 1.31 bits per heavy atom. The zero-order chi connectivity index (χ0) is 26.8. The van der Waals surface area contributed by atoms with Crippen molar-refractivity contribution in [2.24, 2.45) is 17.4 Å². The Hall–Kier alpha value is -3.96. The molecule has 0 spiro atoms. The van der Waals surface area contributed by atoms with E-state index in [1.165, 1.54) is 0 Å². The summed E-state index contributed by atoms with van der Waals surface area (Å²) in [5.74, 6) is -8.01. The van der Waals surface area contributed by atoms with Crippen molar-refractivity contribution in [1.29, 1.82) is 0 Å². The molecule has 0 bridgehead atoms. The molecule has 0 unspecified atom stereocenters. The number of carboxylic acids is 2. The van der Waals surface area contributed by atoms with Gasteiger partial charge in [0.15, 0.2) is 5.92 Å². The highest BCUT2D eigenvalue weighted by molar-refractivity contribution is 6.30. The molecule has 11 nitrogen and oxygen atoms in total. The van der Waals surface area contributed by atoms with Crippen molar-refractivity contribution < 1.29 is 34.2 Å². The van der Waals surface area contributed by atoms with E-state index in [1.54, 1.807) is 48.5 Å². The number of rotatable bonds is 13. The number of nitrogens with two attached hydrogens (primary N) is 2. The number of carbonyl (C=O) groups excluding carboxylic acids is 3. The number of carboxylic acid groups (broad SMARTS) is 2. The third kappa shape index (κ3) is 8.67. The molecule has 0 aliphatic carbocycles. The van der Waals surface area contributed by atoms with Crippen molar-refractivity contribution in [3.63, 3.8) is 0 Å². The molecular formula is C24H27ClN4O7. The van der Waals surface area contributed by atoms with Crippen LogP contribution in [0.15, 0.2) is 54.6 Å². The minimum atomic E-state index is -1.98. The van der Waals surface area contributed by atoms with Crippen LogP contribution in [0.4, 0.5) is 0 Å². The summed E-state index contributed by atoms with van der Waals surface area (Å²) in [6.45, 7) is 0. The summed E-state index contributed by atoms with van der Waals surface area (Å²) in [6, 6.07) is 11.6. The fourth-order valence-electron chi connectivity index (χ4n) is 3.37. The second-order valence-corrected chi connectivity index (χ2v) is 8.55. The van der Waals surface area contributed by atoms with E-state index in [0.29, 0.717) is 10.6 Å². The Balaban J connectivity index is 2.21. The van der Waals surface area contributed by atoms with Gasteiger partial charge >= 0.3 is 11.9 Å². The number of carbonyl (C=O) groups is 5. The lowest BCUT2D eigenvalue weighted by Crippen LogP contribution is -2.56. The molecule has 0 aliphatic rings. The number of primary amides is 1. The summed E-state index contributed by atoms with van der Waals surface area (Å²) in [4.78, 5) is 60.2. The van der Waals surface area contributed by atoms with Gasteiger partial charge < -0.3 is 32.3 Å². The lowest BCUT2D eigenvalue weighted by atomic mass is 9.98. The Morgan fingerprint density at radius 3 is 1.83 bits per heavy atom. The average molecular weight is 519 g/mol. The number of amides is 3. The van der Waals surface area contributed by atoms with Gasteiger partial charge in [-0.15, -0.1) is 0 Å². The van der Waals surface area contributed by atoms with Crippen LogP contribution in [0, 0.1) is 5.92 Å². The SMILES string of the molecule is NC(=O)[C@H](CC(C(=O)O)C(=O)O)NC(=O)[C@H](Cc1ccc(Cl)cc1)NC(=O)[C@H](N)Cc1ccccc1. The van der Waals surface area contributed by atoms with Crippen molar-refractivity contribution in [2.75, 3.05) is 0 Å². The van der Waals surface area contributed by atoms with Crippen molar-refractivity contribution in [3.05, 3.63) is 70.7 Å². The Morgan fingerprint density at radius 1 is 0.778 bits per heavy atom. The average Bonchev–Trinajstić information content (AvgIpc) is 2.82. The standard InChI is InChI=1S/C24H27ClN4O7/c25-15-8-6-14(7-9-15)11-19(29-21(31)17(26)10-13-4-2-1-3-5-13)22(32)28-18(20(27)30)12-16(23(33)34)24(35)36/h1-9,16-19H,10-12,26H2,(H2,27,30)(H,28,32)(H,29,31)(H,33,34)(H,35,36)/t17-,18+,19+/m1/s1. The first-order valence-corrected chi connectivity index (χ1v) is 11.2. The first-order valence-electron chi connectivity index (χ1n) is 10.9. The normalized spacial score (nSPS) is 13.3. The number of halogens is 1. The minimum absolute atomic E-state index is 0.0282. The molecule has 0 saturated carbocycles. The van der Waals surface area contributed by atoms with Gasteiger partial charge in [0.25, 0.3) is 0 Å². The molecule has 0 fully saturated rings. The van der Waals surface area contributed by atoms with E-state index in [-0.39, 0.29) is 12.8 Å². The molecule has 2 aromatic rings. The van der Waals surface area contributed by atoms with E-state index in [0.717, 1.165) is 5.56 Å². The highest BCUT2D eigenvalue weighted by Crippen LogP contribution is 2.13. The fourth-order valence-corrected chi connectivity index (χ4v) is 3.49. The highest BCUT2D eigenvalue weighted by atomic mass is 35.5. The molecule has 2 aromatic carbocycles. The molecule has 0 radical (unpaired) electrons. The maximum atomic E-state index is 13.1. The Labute approximate surface area is 211 Å². The quantitative estimate of drug-likeness (QED) is 0.200. The zero-order valence-electron chi connectivity index (χ0n) is 19.1. The van der Waals surface area contributed by atoms with Gasteiger partial charge in [-0.05, 0) is 29.7 Å². The van der Waals surface area contributed by atoms with Gasteiger partial charge in [0.2, 0.25) is 17.7 Å². The Bertz CT molecular complexity index is 1080. The predicted octanol–water partition coefficient (Wildman–Crippen LogP) is 0.0829. The molecule has 192 valence electrons. The molecule has 0 aromatic heterocycles. The smallest absolute Gasteiger partial charge is 0.317 e. The largest absolute Gasteiger partial charge is 0.481 e. The molecule has 3 amide bonds. The number of hydrogen-bond donors (Lipinski definition) is 6. The van der Waals surface area contributed by atoms with Crippen molar-refractivity contribution in [2.45, 2.75) is 37.4 Å². The van der Waals surface area contributed by atoms with Gasteiger partial charge in [-0.1, -0.05) is 54.1 Å². The van der Waals surface area contributed by atoms with E-state index in [1.807, 2.05) is 6.07 Å². The minimum Gasteiger partial charge on any atom is -0.481 e. The number of nitrogens with one attached hydrogen (secondary N) is 2. The van der Waals surface area contributed by atoms with E-state index in [2.05, 4.69) is 10.6 Å². The van der Waals surface area contributed by atoms with Crippen LogP contribution < -0.4 is 22.1 Å². The van der Waals surface area contributed by atoms with Gasteiger partial charge in [-0.2, -0.15) is 0 Å². The van der Waals surface area contributed by atoms with Crippen LogP contribution in [-0.2, 0) is 36.8 Å². The lowest BCUT2D eigenvalue weighted by Gasteiger charge is -2.24. The second kappa shape index (κ2) is 13.2. The lowest BCUT2D eigenvalue weighted by molar-refractivity contribution is -0.155. The molecule has 3 atom stereocenters. The molecule has 8 N–H and O–H groups in total. The summed E-state index contributed by atoms with van der Waals surface area (Å²) >= 11 is 5.90. The van der Waals surface area contributed by atoms with Crippen molar-refractivity contribution in [1.82, 2.24) is 10.6 Å². The summed E-state index contributed by atoms with van der Waals surface area (Å²) < 4.78 is 0. The van der Waals surface area contributed by atoms with Crippen LogP contribution in [-0.4, -0.2) is 58.0 Å². The molecule has 12 heteroatoms. The maximum Gasteiger partial charge on any atom is 0.317 e. The van der Waals surface area contributed by atoms with Gasteiger partial charge in [-0.3, -0.25) is 24.0 Å². The zero-order valence-corrected chi connectivity index (χ0v) is 19.9.